The van der Waals surface area contributed by atoms with Crippen LogP contribution in [0.25, 0.3) is 0 Å². The van der Waals surface area contributed by atoms with Crippen molar-refractivity contribution in [2.24, 2.45) is 11.8 Å². The van der Waals surface area contributed by atoms with Crippen LogP contribution in [0.1, 0.15) is 66.2 Å². The summed E-state index contributed by atoms with van der Waals surface area (Å²) >= 11 is 0. The molecule has 2 nitrogen and oxygen atoms in total. The lowest BCUT2D eigenvalue weighted by atomic mass is 10.1. The molecule has 0 atom stereocenters. The van der Waals surface area contributed by atoms with Gasteiger partial charge in [0.2, 0.25) is 0 Å². The van der Waals surface area contributed by atoms with Gasteiger partial charge in [0.1, 0.15) is 12.6 Å². The minimum atomic E-state index is 0.306. The predicted octanol–water partition coefficient (Wildman–Crippen LogP) is 4.02. The molecule has 0 aromatic heterocycles. The first-order valence-corrected chi connectivity index (χ1v) is 6.69. The summed E-state index contributed by atoms with van der Waals surface area (Å²) in [6, 6.07) is 0. The van der Waals surface area contributed by atoms with Gasteiger partial charge in [0.25, 0.3) is 0 Å². The maximum Gasteiger partial charge on any atom is 0.123 e. The summed E-state index contributed by atoms with van der Waals surface area (Å²) in [5.41, 5.74) is 0. The molecule has 0 unspecified atom stereocenters. The van der Waals surface area contributed by atoms with Crippen molar-refractivity contribution in [1.29, 1.82) is 0 Å². The van der Waals surface area contributed by atoms with Gasteiger partial charge < -0.3 is 9.59 Å². The van der Waals surface area contributed by atoms with Crippen molar-refractivity contribution in [1.82, 2.24) is 0 Å². The van der Waals surface area contributed by atoms with E-state index < -0.39 is 0 Å². The second-order valence-electron chi connectivity index (χ2n) is 3.89. The van der Waals surface area contributed by atoms with E-state index in [1.165, 1.54) is 12.8 Å². The molecule has 0 aromatic carbocycles. The Morgan fingerprint density at radius 2 is 1.50 bits per heavy atom. The molecule has 96 valence electrons. The zero-order valence-electron chi connectivity index (χ0n) is 11.4. The van der Waals surface area contributed by atoms with Crippen LogP contribution in [0.15, 0.2) is 0 Å². The first kappa shape index (κ1) is 17.7. The number of aldehydes is 2. The summed E-state index contributed by atoms with van der Waals surface area (Å²) in [6.45, 7) is 8.06. The Morgan fingerprint density at radius 3 is 1.62 bits per heavy atom. The van der Waals surface area contributed by atoms with Gasteiger partial charge in [0.05, 0.1) is 0 Å². The third-order valence-corrected chi connectivity index (χ3v) is 2.83. The fourth-order valence-corrected chi connectivity index (χ4v) is 1.57. The maximum absolute atomic E-state index is 10.0. The number of hydrogen-bond acceptors (Lipinski definition) is 2. The number of hydrogen-bond donors (Lipinski definition) is 0. The molecule has 0 bridgehead atoms. The minimum Gasteiger partial charge on any atom is -0.303 e. The normalized spacial score (nSPS) is 14.6. The molecule has 0 saturated heterocycles. The van der Waals surface area contributed by atoms with Gasteiger partial charge in [0.15, 0.2) is 0 Å². The highest BCUT2D eigenvalue weighted by molar-refractivity contribution is 5.53. The van der Waals surface area contributed by atoms with E-state index >= 15 is 0 Å². The molecule has 0 amide bonds. The van der Waals surface area contributed by atoms with Gasteiger partial charge in [-0.25, -0.2) is 0 Å². The van der Waals surface area contributed by atoms with Crippen molar-refractivity contribution in [2.75, 3.05) is 0 Å². The second kappa shape index (κ2) is 14.3. The number of carbonyl (C=O) groups excluding carboxylic acids is 2. The molecule has 1 aliphatic rings. The summed E-state index contributed by atoms with van der Waals surface area (Å²) in [5, 5.41) is 0. The van der Waals surface area contributed by atoms with Gasteiger partial charge in [-0.15, -0.1) is 0 Å². The average molecular weight is 228 g/mol. The fraction of sp³-hybridized carbons (Fsp3) is 0.857. The van der Waals surface area contributed by atoms with Crippen LogP contribution < -0.4 is 0 Å². The van der Waals surface area contributed by atoms with Crippen molar-refractivity contribution in [3.05, 3.63) is 0 Å². The van der Waals surface area contributed by atoms with Crippen molar-refractivity contribution >= 4 is 12.6 Å². The summed E-state index contributed by atoms with van der Waals surface area (Å²) in [7, 11) is 0. The standard InChI is InChI=1S/C6H10O.C6H12O.C2H6/c7-5-6-3-1-2-4-6;1-3-6(4-2)5-7;1-2/h5-6H,1-4H2;5-6H,3-4H2,1-2H3;1-2H3. The Hall–Kier alpha value is -0.660. The SMILES string of the molecule is CC.CCC(C=O)CC.O=CC1CCCC1. The summed E-state index contributed by atoms with van der Waals surface area (Å²) in [4.78, 5) is 20.0. The van der Waals surface area contributed by atoms with E-state index in [4.69, 9.17) is 0 Å². The Kier molecular flexibility index (Phi) is 15.9. The molecule has 0 N–H and O–H groups in total. The van der Waals surface area contributed by atoms with Gasteiger partial charge in [0, 0.05) is 11.8 Å². The summed E-state index contributed by atoms with van der Waals surface area (Å²) in [5.74, 6) is 0.722. The number of carbonyl (C=O) groups is 2. The largest absolute Gasteiger partial charge is 0.303 e. The molecular weight excluding hydrogens is 200 g/mol. The zero-order valence-corrected chi connectivity index (χ0v) is 11.4. The lowest BCUT2D eigenvalue weighted by molar-refractivity contribution is -0.111. The van der Waals surface area contributed by atoms with E-state index in [1.807, 2.05) is 27.7 Å². The van der Waals surface area contributed by atoms with Gasteiger partial charge in [-0.2, -0.15) is 0 Å². The van der Waals surface area contributed by atoms with Gasteiger partial charge in [-0.1, -0.05) is 40.5 Å². The monoisotopic (exact) mass is 228 g/mol. The van der Waals surface area contributed by atoms with Crippen LogP contribution in [-0.2, 0) is 9.59 Å². The lowest BCUT2D eigenvalue weighted by Crippen LogP contribution is -1.95. The van der Waals surface area contributed by atoms with Crippen LogP contribution in [-0.4, -0.2) is 12.6 Å². The summed E-state index contributed by atoms with van der Waals surface area (Å²) < 4.78 is 0. The van der Waals surface area contributed by atoms with E-state index in [1.54, 1.807) is 0 Å². The molecule has 0 spiro atoms. The Morgan fingerprint density at radius 1 is 1.06 bits per heavy atom. The number of rotatable bonds is 4. The van der Waals surface area contributed by atoms with E-state index in [0.29, 0.717) is 11.8 Å². The third kappa shape index (κ3) is 9.88. The quantitative estimate of drug-likeness (QED) is 0.681. The Balaban J connectivity index is 0. The van der Waals surface area contributed by atoms with Crippen LogP contribution >= 0.6 is 0 Å². The van der Waals surface area contributed by atoms with Crippen LogP contribution in [0.4, 0.5) is 0 Å². The molecule has 0 aliphatic heterocycles. The first-order valence-electron chi connectivity index (χ1n) is 6.69. The third-order valence-electron chi connectivity index (χ3n) is 2.83. The molecular formula is C14H28O2. The maximum atomic E-state index is 10.0. The predicted molar refractivity (Wildman–Crippen MR) is 69.5 cm³/mol. The molecule has 2 heteroatoms. The van der Waals surface area contributed by atoms with E-state index in [9.17, 15) is 9.59 Å². The Labute approximate surface area is 101 Å². The van der Waals surface area contributed by atoms with Crippen molar-refractivity contribution in [2.45, 2.75) is 66.2 Å². The molecule has 0 aromatic rings. The second-order valence-corrected chi connectivity index (χ2v) is 3.89. The highest BCUT2D eigenvalue weighted by Gasteiger charge is 2.12. The van der Waals surface area contributed by atoms with Gasteiger partial charge >= 0.3 is 0 Å². The molecule has 1 saturated carbocycles. The molecule has 1 fully saturated rings. The lowest BCUT2D eigenvalue weighted by Gasteiger charge is -1.97. The van der Waals surface area contributed by atoms with Crippen LogP contribution in [0.5, 0.6) is 0 Å². The van der Waals surface area contributed by atoms with Crippen LogP contribution in [0.3, 0.4) is 0 Å². The first-order chi connectivity index (χ1) is 7.78. The minimum absolute atomic E-state index is 0.306. The van der Waals surface area contributed by atoms with Gasteiger partial charge in [-0.05, 0) is 25.7 Å². The molecule has 1 rings (SSSR count). The average Bonchev–Trinajstić information content (AvgIpc) is 2.88. The van der Waals surface area contributed by atoms with Gasteiger partial charge in [-0.3, -0.25) is 0 Å². The molecule has 16 heavy (non-hydrogen) atoms. The highest BCUT2D eigenvalue weighted by Crippen LogP contribution is 2.21. The molecule has 0 heterocycles. The van der Waals surface area contributed by atoms with Crippen LogP contribution in [0, 0.1) is 11.8 Å². The van der Waals surface area contributed by atoms with E-state index in [2.05, 4.69) is 0 Å². The smallest absolute Gasteiger partial charge is 0.123 e. The fourth-order valence-electron chi connectivity index (χ4n) is 1.57. The molecule has 0 radical (unpaired) electrons. The summed E-state index contributed by atoms with van der Waals surface area (Å²) in [6.07, 6.45) is 8.91. The highest BCUT2D eigenvalue weighted by atomic mass is 16.1. The van der Waals surface area contributed by atoms with Crippen LogP contribution in [0.2, 0.25) is 0 Å². The molecule has 1 aliphatic carbocycles. The van der Waals surface area contributed by atoms with Crippen molar-refractivity contribution in [3.8, 4) is 0 Å². The van der Waals surface area contributed by atoms with Crippen molar-refractivity contribution < 1.29 is 9.59 Å². The topological polar surface area (TPSA) is 34.1 Å². The van der Waals surface area contributed by atoms with E-state index in [0.717, 1.165) is 38.3 Å². The van der Waals surface area contributed by atoms with Crippen molar-refractivity contribution in [3.63, 3.8) is 0 Å². The van der Waals surface area contributed by atoms with E-state index in [-0.39, 0.29) is 0 Å². The Bertz CT molecular complexity index is 139. The zero-order chi connectivity index (χ0) is 12.8.